The summed E-state index contributed by atoms with van der Waals surface area (Å²) >= 11 is 0. The number of ether oxygens (including phenoxy) is 4. The summed E-state index contributed by atoms with van der Waals surface area (Å²) in [5, 5.41) is 10.1. The van der Waals surface area contributed by atoms with Crippen LogP contribution in [0.4, 0.5) is 5.69 Å². The Morgan fingerprint density at radius 2 is 1.52 bits per heavy atom. The van der Waals surface area contributed by atoms with Crippen molar-refractivity contribution in [3.63, 3.8) is 0 Å². The fourth-order valence-corrected chi connectivity index (χ4v) is 3.18. The van der Waals surface area contributed by atoms with Gasteiger partial charge in [0, 0.05) is 17.7 Å². The molecule has 7 heteroatoms. The lowest BCUT2D eigenvalue weighted by Crippen LogP contribution is -2.48. The Bertz CT molecular complexity index is 882. The molecule has 142 valence electrons. The van der Waals surface area contributed by atoms with E-state index in [0.29, 0.717) is 39.8 Å². The van der Waals surface area contributed by atoms with Crippen molar-refractivity contribution in [1.82, 2.24) is 0 Å². The number of anilines is 1. The minimum absolute atomic E-state index is 0.00742. The van der Waals surface area contributed by atoms with E-state index in [0.717, 1.165) is 0 Å². The van der Waals surface area contributed by atoms with Gasteiger partial charge in [-0.2, -0.15) is 0 Å². The van der Waals surface area contributed by atoms with Crippen LogP contribution in [0, 0.1) is 0 Å². The highest BCUT2D eigenvalue weighted by molar-refractivity contribution is 6.15. The zero-order chi connectivity index (χ0) is 19.7. The second kappa shape index (κ2) is 7.11. The Morgan fingerprint density at radius 1 is 0.926 bits per heavy atom. The molecule has 1 amide bonds. The number of benzene rings is 2. The Hall–Kier alpha value is -3.35. The SMILES string of the molecule is C=C1C(=O)N(c2cc(OC)c(OC)c(OC)c2)C1c1ccc(OC)c(O)c1. The first-order chi connectivity index (χ1) is 13.0. The van der Waals surface area contributed by atoms with Gasteiger partial charge in [0.1, 0.15) is 0 Å². The molecule has 1 aliphatic rings. The normalized spacial score (nSPS) is 16.0. The van der Waals surface area contributed by atoms with Crippen molar-refractivity contribution in [2.24, 2.45) is 0 Å². The molecule has 0 aromatic heterocycles. The Balaban J connectivity index is 2.06. The number of amides is 1. The molecule has 1 saturated heterocycles. The largest absolute Gasteiger partial charge is 0.504 e. The molecule has 0 aliphatic carbocycles. The second-order valence-corrected chi connectivity index (χ2v) is 5.92. The fraction of sp³-hybridized carbons (Fsp3) is 0.250. The van der Waals surface area contributed by atoms with E-state index in [1.807, 2.05) is 0 Å². The third-order valence-electron chi connectivity index (χ3n) is 4.53. The zero-order valence-corrected chi connectivity index (χ0v) is 15.6. The van der Waals surface area contributed by atoms with E-state index in [-0.39, 0.29) is 11.7 Å². The molecule has 1 N–H and O–H groups in total. The molecule has 27 heavy (non-hydrogen) atoms. The van der Waals surface area contributed by atoms with Crippen molar-refractivity contribution in [2.45, 2.75) is 6.04 Å². The number of methoxy groups -OCH3 is 4. The first kappa shape index (κ1) is 18.4. The first-order valence-electron chi connectivity index (χ1n) is 8.16. The molecule has 0 spiro atoms. The van der Waals surface area contributed by atoms with Gasteiger partial charge in [0.2, 0.25) is 5.75 Å². The Morgan fingerprint density at radius 3 is 2.00 bits per heavy atom. The van der Waals surface area contributed by atoms with Crippen molar-refractivity contribution >= 4 is 11.6 Å². The van der Waals surface area contributed by atoms with Crippen molar-refractivity contribution in [3.05, 3.63) is 48.0 Å². The summed E-state index contributed by atoms with van der Waals surface area (Å²) in [6, 6.07) is 7.97. The van der Waals surface area contributed by atoms with Crippen LogP contribution in [0.2, 0.25) is 0 Å². The molecule has 1 unspecified atom stereocenters. The third kappa shape index (κ3) is 2.91. The average Bonchev–Trinajstić information content (AvgIpc) is 2.69. The lowest BCUT2D eigenvalue weighted by Gasteiger charge is -2.42. The Labute approximate surface area is 157 Å². The number of β-lactam (4-membered cyclic amide) rings is 1. The van der Waals surface area contributed by atoms with Crippen molar-refractivity contribution in [2.75, 3.05) is 33.3 Å². The number of hydrogen-bond donors (Lipinski definition) is 1. The van der Waals surface area contributed by atoms with Gasteiger partial charge in [0.05, 0.1) is 40.2 Å². The average molecular weight is 371 g/mol. The molecule has 2 aromatic rings. The predicted molar refractivity (Wildman–Crippen MR) is 100 cm³/mol. The van der Waals surface area contributed by atoms with Crippen LogP contribution in [0.25, 0.3) is 0 Å². The first-order valence-corrected chi connectivity index (χ1v) is 8.16. The summed E-state index contributed by atoms with van der Waals surface area (Å²) in [6.07, 6.45) is 0. The van der Waals surface area contributed by atoms with Gasteiger partial charge < -0.3 is 24.1 Å². The molecule has 3 rings (SSSR count). The summed E-state index contributed by atoms with van der Waals surface area (Å²) < 4.78 is 21.1. The number of hydrogen-bond acceptors (Lipinski definition) is 6. The van der Waals surface area contributed by atoms with Gasteiger partial charge in [-0.05, 0) is 17.7 Å². The summed E-state index contributed by atoms with van der Waals surface area (Å²) in [5.41, 5.74) is 1.71. The molecule has 1 fully saturated rings. The molecular formula is C20H21NO6. The van der Waals surface area contributed by atoms with Gasteiger partial charge in [-0.1, -0.05) is 12.6 Å². The second-order valence-electron chi connectivity index (χ2n) is 5.92. The summed E-state index contributed by atoms with van der Waals surface area (Å²) in [6.45, 7) is 3.87. The van der Waals surface area contributed by atoms with Crippen LogP contribution >= 0.6 is 0 Å². The number of rotatable bonds is 6. The number of carbonyl (C=O) groups is 1. The number of aromatic hydroxyl groups is 1. The van der Waals surface area contributed by atoms with Crippen molar-refractivity contribution in [3.8, 4) is 28.7 Å². The monoisotopic (exact) mass is 371 g/mol. The van der Waals surface area contributed by atoms with E-state index in [1.165, 1.54) is 28.4 Å². The Kier molecular flexibility index (Phi) is 4.85. The van der Waals surface area contributed by atoms with Gasteiger partial charge in [-0.15, -0.1) is 0 Å². The van der Waals surface area contributed by atoms with E-state index in [4.69, 9.17) is 18.9 Å². The highest BCUT2D eigenvalue weighted by Gasteiger charge is 2.43. The van der Waals surface area contributed by atoms with Crippen molar-refractivity contribution in [1.29, 1.82) is 0 Å². The standard InChI is InChI=1S/C20H21NO6/c1-11-18(12-6-7-15(24-2)14(22)8-12)21(20(11)23)13-9-16(25-3)19(27-5)17(10-13)26-4/h6-10,18,22H,1H2,2-5H3. The lowest BCUT2D eigenvalue weighted by atomic mass is 9.88. The molecule has 0 bridgehead atoms. The summed E-state index contributed by atoms with van der Waals surface area (Å²) in [5.74, 6) is 1.45. The maximum absolute atomic E-state index is 12.5. The molecular weight excluding hydrogens is 350 g/mol. The van der Waals surface area contributed by atoms with Crippen molar-refractivity contribution < 1.29 is 28.8 Å². The number of phenolic OH excluding ortho intramolecular Hbond substituents is 1. The quantitative estimate of drug-likeness (QED) is 0.621. The van der Waals surface area contributed by atoms with E-state index < -0.39 is 6.04 Å². The van der Waals surface area contributed by atoms with Crippen LogP contribution in [-0.2, 0) is 4.79 Å². The zero-order valence-electron chi connectivity index (χ0n) is 15.6. The molecule has 2 aromatic carbocycles. The minimum Gasteiger partial charge on any atom is -0.504 e. The fourth-order valence-electron chi connectivity index (χ4n) is 3.18. The number of carbonyl (C=O) groups excluding carboxylic acids is 1. The molecule has 1 aliphatic heterocycles. The van der Waals surface area contributed by atoms with Gasteiger partial charge in [-0.25, -0.2) is 0 Å². The van der Waals surface area contributed by atoms with Crippen LogP contribution in [0.15, 0.2) is 42.5 Å². The molecule has 0 radical (unpaired) electrons. The topological polar surface area (TPSA) is 77.5 Å². The molecule has 1 atom stereocenters. The van der Waals surface area contributed by atoms with E-state index in [1.54, 1.807) is 35.2 Å². The highest BCUT2D eigenvalue weighted by Crippen LogP contribution is 2.48. The van der Waals surface area contributed by atoms with Crippen LogP contribution in [-0.4, -0.2) is 39.5 Å². The number of nitrogens with zero attached hydrogens (tertiary/aromatic N) is 1. The highest BCUT2D eigenvalue weighted by atomic mass is 16.5. The van der Waals surface area contributed by atoms with Gasteiger partial charge >= 0.3 is 0 Å². The number of phenols is 1. The minimum atomic E-state index is -0.419. The summed E-state index contributed by atoms with van der Waals surface area (Å²) in [7, 11) is 6.01. The van der Waals surface area contributed by atoms with E-state index in [9.17, 15) is 9.90 Å². The van der Waals surface area contributed by atoms with Crippen LogP contribution < -0.4 is 23.8 Å². The van der Waals surface area contributed by atoms with Crippen LogP contribution in [0.1, 0.15) is 11.6 Å². The van der Waals surface area contributed by atoms with Gasteiger partial charge in [0.15, 0.2) is 23.0 Å². The molecule has 7 nitrogen and oxygen atoms in total. The molecule has 1 heterocycles. The van der Waals surface area contributed by atoms with Crippen LogP contribution in [0.5, 0.6) is 28.7 Å². The maximum Gasteiger partial charge on any atom is 0.256 e. The predicted octanol–water partition coefficient (Wildman–Crippen LogP) is 3.07. The van der Waals surface area contributed by atoms with Gasteiger partial charge in [0.25, 0.3) is 5.91 Å². The van der Waals surface area contributed by atoms with Crippen LogP contribution in [0.3, 0.4) is 0 Å². The van der Waals surface area contributed by atoms with Gasteiger partial charge in [-0.3, -0.25) is 9.69 Å². The maximum atomic E-state index is 12.5. The third-order valence-corrected chi connectivity index (χ3v) is 4.53. The smallest absolute Gasteiger partial charge is 0.256 e. The molecule has 0 saturated carbocycles. The summed E-state index contributed by atoms with van der Waals surface area (Å²) in [4.78, 5) is 14.1. The van der Waals surface area contributed by atoms with E-state index in [2.05, 4.69) is 6.58 Å². The van der Waals surface area contributed by atoms with E-state index >= 15 is 0 Å². The lowest BCUT2D eigenvalue weighted by molar-refractivity contribution is -0.118.